The van der Waals surface area contributed by atoms with E-state index in [1.807, 2.05) is 36.9 Å². The molecular formula is C20H26N2O4. The van der Waals surface area contributed by atoms with Gasteiger partial charge in [-0.15, -0.1) is 0 Å². The van der Waals surface area contributed by atoms with Gasteiger partial charge in [-0.1, -0.05) is 6.07 Å². The van der Waals surface area contributed by atoms with Gasteiger partial charge in [0.1, 0.15) is 0 Å². The molecule has 0 N–H and O–H groups in total. The molecule has 0 saturated carbocycles. The van der Waals surface area contributed by atoms with Crippen LogP contribution in [0.3, 0.4) is 0 Å². The fourth-order valence-corrected chi connectivity index (χ4v) is 3.99. The highest BCUT2D eigenvalue weighted by Crippen LogP contribution is 2.30. The molecule has 1 aromatic carbocycles. The summed E-state index contributed by atoms with van der Waals surface area (Å²) < 4.78 is 5.13. The van der Waals surface area contributed by atoms with Crippen molar-refractivity contribution >= 4 is 23.5 Å². The predicted octanol–water partition coefficient (Wildman–Crippen LogP) is 2.21. The van der Waals surface area contributed by atoms with Gasteiger partial charge in [0.15, 0.2) is 0 Å². The second-order valence-electron chi connectivity index (χ2n) is 7.22. The molecular weight excluding hydrogens is 332 g/mol. The van der Waals surface area contributed by atoms with Crippen molar-refractivity contribution in [2.45, 2.75) is 46.1 Å². The summed E-state index contributed by atoms with van der Waals surface area (Å²) in [6, 6.07) is 5.26. The van der Waals surface area contributed by atoms with E-state index in [2.05, 4.69) is 0 Å². The van der Waals surface area contributed by atoms with Crippen LogP contribution in [0.2, 0.25) is 0 Å². The van der Waals surface area contributed by atoms with Crippen LogP contribution in [-0.2, 0) is 19.1 Å². The first-order chi connectivity index (χ1) is 12.4. The van der Waals surface area contributed by atoms with Crippen molar-refractivity contribution in [1.29, 1.82) is 0 Å². The van der Waals surface area contributed by atoms with Crippen LogP contribution >= 0.6 is 0 Å². The predicted molar refractivity (Wildman–Crippen MR) is 97.7 cm³/mol. The summed E-state index contributed by atoms with van der Waals surface area (Å²) in [7, 11) is 0. The molecule has 6 heteroatoms. The molecule has 0 aromatic heterocycles. The van der Waals surface area contributed by atoms with Gasteiger partial charge in [0.05, 0.1) is 30.7 Å². The highest BCUT2D eigenvalue weighted by molar-refractivity contribution is 6.22. The number of nitrogens with zero attached hydrogens (tertiary/aromatic N) is 2. The Balaban J connectivity index is 1.77. The first kappa shape index (κ1) is 18.6. The van der Waals surface area contributed by atoms with E-state index in [1.165, 1.54) is 4.90 Å². The van der Waals surface area contributed by atoms with Gasteiger partial charge in [0, 0.05) is 6.54 Å². The minimum Gasteiger partial charge on any atom is -0.466 e. The van der Waals surface area contributed by atoms with Crippen LogP contribution in [0.1, 0.15) is 37.3 Å². The standard InChI is InChI=1S/C20H26N2O4/c1-4-26-20(25)15-6-5-7-21(12-15)17-11-18(23)22(19(17)24)16-9-13(2)8-14(3)10-16/h8-10,15,17H,4-7,11-12H2,1-3H3/t15-,17-/m1/s1. The van der Waals surface area contributed by atoms with Crippen LogP contribution in [-0.4, -0.2) is 48.4 Å². The smallest absolute Gasteiger partial charge is 0.310 e. The van der Waals surface area contributed by atoms with Gasteiger partial charge < -0.3 is 4.74 Å². The highest BCUT2D eigenvalue weighted by Gasteiger charge is 2.44. The van der Waals surface area contributed by atoms with Gasteiger partial charge in [-0.2, -0.15) is 0 Å². The van der Waals surface area contributed by atoms with E-state index < -0.39 is 6.04 Å². The Bertz CT molecular complexity index is 710. The second kappa shape index (κ2) is 7.58. The number of hydrogen-bond donors (Lipinski definition) is 0. The molecule has 2 aliphatic heterocycles. The lowest BCUT2D eigenvalue weighted by atomic mass is 9.96. The molecule has 2 heterocycles. The summed E-state index contributed by atoms with van der Waals surface area (Å²) in [4.78, 5) is 40.9. The monoisotopic (exact) mass is 358 g/mol. The third-order valence-corrected chi connectivity index (χ3v) is 5.10. The number of benzene rings is 1. The minimum atomic E-state index is -0.486. The maximum Gasteiger partial charge on any atom is 0.310 e. The van der Waals surface area contributed by atoms with Crippen molar-refractivity contribution in [2.75, 3.05) is 24.6 Å². The van der Waals surface area contributed by atoms with Crippen LogP contribution < -0.4 is 4.90 Å². The summed E-state index contributed by atoms with van der Waals surface area (Å²) in [6.45, 7) is 7.25. The molecule has 2 fully saturated rings. The third kappa shape index (κ3) is 3.65. The molecule has 2 aliphatic rings. The molecule has 0 spiro atoms. The number of rotatable bonds is 4. The van der Waals surface area contributed by atoms with Gasteiger partial charge in [0.2, 0.25) is 5.91 Å². The van der Waals surface area contributed by atoms with Crippen molar-refractivity contribution in [2.24, 2.45) is 5.92 Å². The van der Waals surface area contributed by atoms with E-state index in [0.717, 1.165) is 30.5 Å². The van der Waals surface area contributed by atoms with E-state index >= 15 is 0 Å². The largest absolute Gasteiger partial charge is 0.466 e. The number of piperidine rings is 1. The summed E-state index contributed by atoms with van der Waals surface area (Å²) >= 11 is 0. The van der Waals surface area contributed by atoms with Crippen LogP contribution in [0.15, 0.2) is 18.2 Å². The summed E-state index contributed by atoms with van der Waals surface area (Å²) in [6.07, 6.45) is 1.76. The van der Waals surface area contributed by atoms with Crippen LogP contribution in [0, 0.1) is 19.8 Å². The molecule has 0 bridgehead atoms. The number of carbonyl (C=O) groups excluding carboxylic acids is 3. The molecule has 0 radical (unpaired) electrons. The quantitative estimate of drug-likeness (QED) is 0.610. The zero-order valence-corrected chi connectivity index (χ0v) is 15.7. The second-order valence-corrected chi connectivity index (χ2v) is 7.22. The van der Waals surface area contributed by atoms with E-state index in [4.69, 9.17) is 4.74 Å². The number of esters is 1. The van der Waals surface area contributed by atoms with E-state index in [9.17, 15) is 14.4 Å². The van der Waals surface area contributed by atoms with Crippen LogP contribution in [0.25, 0.3) is 0 Å². The first-order valence-corrected chi connectivity index (χ1v) is 9.26. The zero-order valence-electron chi connectivity index (χ0n) is 15.7. The molecule has 26 heavy (non-hydrogen) atoms. The number of amides is 2. The number of carbonyl (C=O) groups is 3. The van der Waals surface area contributed by atoms with Crippen molar-refractivity contribution < 1.29 is 19.1 Å². The Labute approximate surface area is 154 Å². The Morgan fingerprint density at radius 3 is 2.54 bits per heavy atom. The third-order valence-electron chi connectivity index (χ3n) is 5.10. The maximum absolute atomic E-state index is 13.0. The summed E-state index contributed by atoms with van der Waals surface area (Å²) in [5.41, 5.74) is 2.67. The molecule has 6 nitrogen and oxygen atoms in total. The zero-order chi connectivity index (χ0) is 18.8. The number of anilines is 1. The Morgan fingerprint density at radius 1 is 1.19 bits per heavy atom. The number of imide groups is 1. The van der Waals surface area contributed by atoms with Crippen molar-refractivity contribution in [3.8, 4) is 0 Å². The molecule has 2 amide bonds. The molecule has 3 rings (SSSR count). The number of hydrogen-bond acceptors (Lipinski definition) is 5. The average Bonchev–Trinajstić information content (AvgIpc) is 2.89. The Hall–Kier alpha value is -2.21. The fourth-order valence-electron chi connectivity index (χ4n) is 3.99. The SMILES string of the molecule is CCOC(=O)[C@@H]1CCCN([C@@H]2CC(=O)N(c3cc(C)cc(C)c3)C2=O)C1. The van der Waals surface area contributed by atoms with Gasteiger partial charge in [-0.25, -0.2) is 4.90 Å². The van der Waals surface area contributed by atoms with E-state index in [0.29, 0.717) is 18.8 Å². The molecule has 2 saturated heterocycles. The van der Waals surface area contributed by atoms with Gasteiger partial charge in [-0.3, -0.25) is 19.3 Å². The van der Waals surface area contributed by atoms with Gasteiger partial charge >= 0.3 is 5.97 Å². The minimum absolute atomic E-state index is 0.168. The lowest BCUT2D eigenvalue weighted by Crippen LogP contribution is -2.48. The number of likely N-dealkylation sites (tertiary alicyclic amines) is 1. The number of aryl methyl sites for hydroxylation is 2. The average molecular weight is 358 g/mol. The normalized spacial score (nSPS) is 24.2. The first-order valence-electron chi connectivity index (χ1n) is 9.26. The maximum atomic E-state index is 13.0. The van der Waals surface area contributed by atoms with E-state index in [-0.39, 0.29) is 30.1 Å². The number of ether oxygens (including phenoxy) is 1. The van der Waals surface area contributed by atoms with E-state index in [1.54, 1.807) is 6.92 Å². The molecule has 0 unspecified atom stereocenters. The summed E-state index contributed by atoms with van der Waals surface area (Å²) in [5.74, 6) is -0.797. The Kier molecular flexibility index (Phi) is 5.41. The topological polar surface area (TPSA) is 66.9 Å². The van der Waals surface area contributed by atoms with Crippen molar-refractivity contribution in [1.82, 2.24) is 4.90 Å². The lowest BCUT2D eigenvalue weighted by molar-refractivity contribution is -0.150. The Morgan fingerprint density at radius 2 is 1.88 bits per heavy atom. The molecule has 140 valence electrons. The van der Waals surface area contributed by atoms with Crippen LogP contribution in [0.4, 0.5) is 5.69 Å². The molecule has 2 atom stereocenters. The lowest BCUT2D eigenvalue weighted by Gasteiger charge is -2.34. The fraction of sp³-hybridized carbons (Fsp3) is 0.550. The highest BCUT2D eigenvalue weighted by atomic mass is 16.5. The van der Waals surface area contributed by atoms with Crippen molar-refractivity contribution in [3.63, 3.8) is 0 Å². The molecule has 1 aromatic rings. The molecule has 0 aliphatic carbocycles. The summed E-state index contributed by atoms with van der Waals surface area (Å²) in [5, 5.41) is 0. The van der Waals surface area contributed by atoms with Crippen molar-refractivity contribution in [3.05, 3.63) is 29.3 Å². The van der Waals surface area contributed by atoms with Crippen LogP contribution in [0.5, 0.6) is 0 Å². The van der Waals surface area contributed by atoms with Gasteiger partial charge in [0.25, 0.3) is 5.91 Å². The van der Waals surface area contributed by atoms with Gasteiger partial charge in [-0.05, 0) is 63.4 Å².